The summed E-state index contributed by atoms with van der Waals surface area (Å²) in [5, 5.41) is 10.9. The lowest BCUT2D eigenvalue weighted by Crippen LogP contribution is -2.14. The molecule has 28 heavy (non-hydrogen) atoms. The highest BCUT2D eigenvalue weighted by atomic mass is 32.2. The van der Waals surface area contributed by atoms with Crippen LogP contribution in [-0.4, -0.2) is 25.5 Å². The lowest BCUT2D eigenvalue weighted by atomic mass is 10.2. The molecular weight excluding hydrogens is 401 g/mol. The van der Waals surface area contributed by atoms with Crippen LogP contribution < -0.4 is 10.9 Å². The van der Waals surface area contributed by atoms with Crippen LogP contribution in [0.5, 0.6) is 0 Å². The maximum Gasteiger partial charge on any atom is 0.258 e. The van der Waals surface area contributed by atoms with E-state index in [1.165, 1.54) is 57.8 Å². The molecule has 0 atom stereocenters. The second-order valence-corrected chi connectivity index (χ2v) is 7.84. The molecule has 0 unspecified atom stereocenters. The number of thioether (sulfide) groups is 1. The van der Waals surface area contributed by atoms with Gasteiger partial charge in [0.15, 0.2) is 4.34 Å². The average molecular weight is 413 g/mol. The first kappa shape index (κ1) is 18.3. The number of anilines is 1. The number of aromatic nitrogens is 4. The molecule has 1 amide bonds. The Bertz CT molecular complexity index is 1210. The smallest absolute Gasteiger partial charge is 0.258 e. The molecule has 0 spiro atoms. The molecule has 1 aromatic carbocycles. The van der Waals surface area contributed by atoms with E-state index in [-0.39, 0.29) is 5.56 Å². The second-order valence-electron chi connectivity index (χ2n) is 5.64. The van der Waals surface area contributed by atoms with Gasteiger partial charge in [0.05, 0.1) is 5.69 Å². The third kappa shape index (κ3) is 4.07. The molecule has 3 aromatic heterocycles. The fourth-order valence-electron chi connectivity index (χ4n) is 2.40. The van der Waals surface area contributed by atoms with Gasteiger partial charge in [0.2, 0.25) is 5.13 Å². The standard InChI is InChI=1S/C18H12FN5O2S2/c19-12-6-4-11(5-7-12)16(26)21-17-22-23-18(28-17)27-10-13-9-15(25)24-8-2-1-3-14(24)20-13/h1-9H,10H2,(H,21,22,26). The van der Waals surface area contributed by atoms with E-state index in [4.69, 9.17) is 0 Å². The molecule has 0 radical (unpaired) electrons. The number of benzene rings is 1. The van der Waals surface area contributed by atoms with Crippen molar-refractivity contribution in [1.82, 2.24) is 19.6 Å². The number of nitrogens with zero attached hydrogens (tertiary/aromatic N) is 4. The first-order valence-corrected chi connectivity index (χ1v) is 9.89. The summed E-state index contributed by atoms with van der Waals surface area (Å²) in [5.41, 5.74) is 1.39. The number of hydrogen-bond donors (Lipinski definition) is 1. The van der Waals surface area contributed by atoms with Crippen molar-refractivity contribution in [1.29, 1.82) is 0 Å². The van der Waals surface area contributed by atoms with Gasteiger partial charge in [0.1, 0.15) is 11.5 Å². The molecule has 4 aromatic rings. The summed E-state index contributed by atoms with van der Waals surface area (Å²) >= 11 is 2.58. The SMILES string of the molecule is O=C(Nc1nnc(SCc2cc(=O)n3ccccc3n2)s1)c1ccc(F)cc1. The quantitative estimate of drug-likeness (QED) is 0.399. The van der Waals surface area contributed by atoms with E-state index >= 15 is 0 Å². The van der Waals surface area contributed by atoms with Crippen molar-refractivity contribution in [3.8, 4) is 0 Å². The fourth-order valence-corrected chi connectivity index (χ4v) is 4.04. The highest BCUT2D eigenvalue weighted by Gasteiger charge is 2.11. The van der Waals surface area contributed by atoms with Crippen molar-refractivity contribution in [2.24, 2.45) is 0 Å². The molecular formula is C18H12FN5O2S2. The van der Waals surface area contributed by atoms with Gasteiger partial charge in [-0.2, -0.15) is 0 Å². The predicted octanol–water partition coefficient (Wildman–Crippen LogP) is 3.23. The van der Waals surface area contributed by atoms with Crippen LogP contribution in [0.15, 0.2) is 63.9 Å². The molecule has 0 fully saturated rings. The third-order valence-corrected chi connectivity index (χ3v) is 5.71. The van der Waals surface area contributed by atoms with Gasteiger partial charge in [-0.3, -0.25) is 19.3 Å². The summed E-state index contributed by atoms with van der Waals surface area (Å²) in [4.78, 5) is 28.7. The molecule has 0 bridgehead atoms. The first-order valence-electron chi connectivity index (χ1n) is 8.09. The van der Waals surface area contributed by atoms with Gasteiger partial charge in [-0.15, -0.1) is 10.2 Å². The minimum atomic E-state index is -0.409. The number of hydrogen-bond acceptors (Lipinski definition) is 7. The van der Waals surface area contributed by atoms with Crippen LogP contribution in [0.3, 0.4) is 0 Å². The monoisotopic (exact) mass is 413 g/mol. The van der Waals surface area contributed by atoms with Gasteiger partial charge >= 0.3 is 0 Å². The Morgan fingerprint density at radius 1 is 1.18 bits per heavy atom. The molecule has 4 rings (SSSR count). The van der Waals surface area contributed by atoms with Crippen LogP contribution in [0.4, 0.5) is 9.52 Å². The van der Waals surface area contributed by atoms with Gasteiger partial charge in [-0.05, 0) is 36.4 Å². The Balaban J connectivity index is 1.42. The van der Waals surface area contributed by atoms with Crippen molar-refractivity contribution in [3.63, 3.8) is 0 Å². The lowest BCUT2D eigenvalue weighted by Gasteiger charge is -2.02. The van der Waals surface area contributed by atoms with Crippen LogP contribution in [0.1, 0.15) is 16.1 Å². The van der Waals surface area contributed by atoms with E-state index in [2.05, 4.69) is 20.5 Å². The van der Waals surface area contributed by atoms with E-state index < -0.39 is 11.7 Å². The number of amides is 1. The molecule has 10 heteroatoms. The summed E-state index contributed by atoms with van der Waals surface area (Å²) in [6, 6.07) is 12.1. The number of rotatable bonds is 5. The summed E-state index contributed by atoms with van der Waals surface area (Å²) in [7, 11) is 0. The number of carbonyl (C=O) groups is 1. The summed E-state index contributed by atoms with van der Waals surface area (Å²) in [5.74, 6) is -0.355. The van der Waals surface area contributed by atoms with E-state index in [0.29, 0.717) is 32.1 Å². The molecule has 0 saturated heterocycles. The van der Waals surface area contributed by atoms with Crippen molar-refractivity contribution in [2.75, 3.05) is 5.32 Å². The van der Waals surface area contributed by atoms with Crippen LogP contribution in [-0.2, 0) is 5.75 Å². The number of fused-ring (bicyclic) bond motifs is 1. The Morgan fingerprint density at radius 2 is 2.00 bits per heavy atom. The number of pyridine rings is 1. The Kier molecular flexibility index (Phi) is 5.13. The van der Waals surface area contributed by atoms with Crippen LogP contribution in [0.2, 0.25) is 0 Å². The highest BCUT2D eigenvalue weighted by Crippen LogP contribution is 2.28. The van der Waals surface area contributed by atoms with E-state index in [1.54, 1.807) is 18.3 Å². The summed E-state index contributed by atoms with van der Waals surface area (Å²) in [6.45, 7) is 0. The summed E-state index contributed by atoms with van der Waals surface area (Å²) < 4.78 is 15.0. The summed E-state index contributed by atoms with van der Waals surface area (Å²) in [6.07, 6.45) is 1.67. The minimum absolute atomic E-state index is 0.147. The fraction of sp³-hybridized carbons (Fsp3) is 0.0556. The second kappa shape index (κ2) is 7.87. The van der Waals surface area contributed by atoms with Crippen molar-refractivity contribution in [3.05, 3.63) is 82.2 Å². The van der Waals surface area contributed by atoms with E-state index in [9.17, 15) is 14.0 Å². The van der Waals surface area contributed by atoms with Gasteiger partial charge in [0.25, 0.3) is 11.5 Å². The van der Waals surface area contributed by atoms with Crippen molar-refractivity contribution >= 4 is 39.8 Å². The van der Waals surface area contributed by atoms with Crippen molar-refractivity contribution < 1.29 is 9.18 Å². The zero-order valence-electron chi connectivity index (χ0n) is 14.2. The average Bonchev–Trinajstić information content (AvgIpc) is 3.14. The number of nitrogens with one attached hydrogen (secondary N) is 1. The Labute approximate surface area is 166 Å². The molecule has 1 N–H and O–H groups in total. The first-order chi connectivity index (χ1) is 13.6. The largest absolute Gasteiger partial charge is 0.296 e. The molecule has 7 nitrogen and oxygen atoms in total. The zero-order valence-corrected chi connectivity index (χ0v) is 15.8. The van der Waals surface area contributed by atoms with E-state index in [0.717, 1.165) is 0 Å². The van der Waals surface area contributed by atoms with E-state index in [1.807, 2.05) is 6.07 Å². The minimum Gasteiger partial charge on any atom is -0.296 e. The maximum atomic E-state index is 12.9. The van der Waals surface area contributed by atoms with Gasteiger partial charge in [0, 0.05) is 23.6 Å². The Hall–Kier alpha value is -3.11. The predicted molar refractivity (Wildman–Crippen MR) is 105 cm³/mol. The molecule has 140 valence electrons. The third-order valence-electron chi connectivity index (χ3n) is 3.70. The molecule has 0 aliphatic heterocycles. The normalized spacial score (nSPS) is 10.9. The number of halogens is 1. The molecule has 0 aliphatic carbocycles. The molecule has 0 saturated carbocycles. The van der Waals surface area contributed by atoms with Crippen LogP contribution in [0.25, 0.3) is 5.65 Å². The lowest BCUT2D eigenvalue weighted by molar-refractivity contribution is 0.102. The number of carbonyl (C=O) groups excluding carboxylic acids is 1. The maximum absolute atomic E-state index is 12.9. The zero-order chi connectivity index (χ0) is 19.5. The van der Waals surface area contributed by atoms with Crippen LogP contribution >= 0.6 is 23.1 Å². The Morgan fingerprint density at radius 3 is 2.82 bits per heavy atom. The highest BCUT2D eigenvalue weighted by molar-refractivity contribution is 8.00. The van der Waals surface area contributed by atoms with Gasteiger partial charge in [-0.1, -0.05) is 29.2 Å². The molecule has 0 aliphatic rings. The topological polar surface area (TPSA) is 89.2 Å². The van der Waals surface area contributed by atoms with Crippen LogP contribution in [0, 0.1) is 5.82 Å². The van der Waals surface area contributed by atoms with Gasteiger partial charge < -0.3 is 0 Å². The molecule has 3 heterocycles. The van der Waals surface area contributed by atoms with Crippen molar-refractivity contribution in [2.45, 2.75) is 10.1 Å². The van der Waals surface area contributed by atoms with Gasteiger partial charge in [-0.25, -0.2) is 9.37 Å².